The van der Waals surface area contributed by atoms with Gasteiger partial charge in [-0.25, -0.2) is 0 Å². The van der Waals surface area contributed by atoms with E-state index in [0.717, 1.165) is 18.4 Å². The fraction of sp³-hybridized carbons (Fsp3) is 0.600. The average molecular weight is 330 g/mol. The number of rotatable bonds is 6. The van der Waals surface area contributed by atoms with Gasteiger partial charge in [-0.3, -0.25) is 9.59 Å². The molecule has 1 fully saturated rings. The molecule has 0 saturated heterocycles. The van der Waals surface area contributed by atoms with Crippen LogP contribution in [0.5, 0.6) is 0 Å². The molecular formula is C20H30N2O2. The monoisotopic (exact) mass is 330 g/mol. The number of hydrogen-bond donors (Lipinski definition) is 1. The van der Waals surface area contributed by atoms with E-state index in [2.05, 4.69) is 5.32 Å². The van der Waals surface area contributed by atoms with Gasteiger partial charge in [-0.1, -0.05) is 56.0 Å². The van der Waals surface area contributed by atoms with Crippen LogP contribution in [0.25, 0.3) is 0 Å². The Morgan fingerprint density at radius 2 is 1.75 bits per heavy atom. The summed E-state index contributed by atoms with van der Waals surface area (Å²) in [6.45, 7) is 4.13. The fourth-order valence-electron chi connectivity index (χ4n) is 3.53. The first-order valence-corrected chi connectivity index (χ1v) is 9.19. The highest BCUT2D eigenvalue weighted by Gasteiger charge is 2.23. The molecule has 0 aromatic heterocycles. The Balaban J connectivity index is 1.84. The molecule has 0 bridgehead atoms. The molecule has 0 radical (unpaired) electrons. The van der Waals surface area contributed by atoms with Crippen molar-refractivity contribution in [2.75, 3.05) is 6.54 Å². The summed E-state index contributed by atoms with van der Waals surface area (Å²) >= 11 is 0. The SMILES string of the molecule is CC(=O)N(CCC(=O)NC(C)c1ccccc1)C1CCCCCC1. The van der Waals surface area contributed by atoms with Gasteiger partial charge in [0.1, 0.15) is 0 Å². The van der Waals surface area contributed by atoms with Crippen LogP contribution in [-0.2, 0) is 9.59 Å². The van der Waals surface area contributed by atoms with E-state index in [9.17, 15) is 9.59 Å². The molecule has 1 aliphatic carbocycles. The molecule has 4 nitrogen and oxygen atoms in total. The zero-order chi connectivity index (χ0) is 17.4. The number of carbonyl (C=O) groups is 2. The van der Waals surface area contributed by atoms with Crippen molar-refractivity contribution in [1.82, 2.24) is 10.2 Å². The van der Waals surface area contributed by atoms with Crippen LogP contribution in [0.3, 0.4) is 0 Å². The van der Waals surface area contributed by atoms with E-state index in [-0.39, 0.29) is 17.9 Å². The van der Waals surface area contributed by atoms with Crippen molar-refractivity contribution in [2.45, 2.75) is 70.9 Å². The highest BCUT2D eigenvalue weighted by molar-refractivity contribution is 5.78. The van der Waals surface area contributed by atoms with Gasteiger partial charge in [0.2, 0.25) is 11.8 Å². The van der Waals surface area contributed by atoms with Gasteiger partial charge < -0.3 is 10.2 Å². The normalized spacial score (nSPS) is 16.9. The van der Waals surface area contributed by atoms with Gasteiger partial charge in [0.05, 0.1) is 6.04 Å². The van der Waals surface area contributed by atoms with Crippen molar-refractivity contribution in [3.63, 3.8) is 0 Å². The Morgan fingerprint density at radius 1 is 1.12 bits per heavy atom. The minimum atomic E-state index is -0.0117. The maximum atomic E-state index is 12.3. The number of nitrogens with one attached hydrogen (secondary N) is 1. The van der Waals surface area contributed by atoms with Gasteiger partial charge in [-0.05, 0) is 25.3 Å². The number of carbonyl (C=O) groups excluding carboxylic acids is 2. The van der Waals surface area contributed by atoms with Crippen molar-refractivity contribution < 1.29 is 9.59 Å². The average Bonchev–Trinajstić information content (AvgIpc) is 2.85. The molecule has 2 amide bonds. The van der Waals surface area contributed by atoms with E-state index in [1.54, 1.807) is 6.92 Å². The first-order valence-electron chi connectivity index (χ1n) is 9.19. The van der Waals surface area contributed by atoms with E-state index in [4.69, 9.17) is 0 Å². The van der Waals surface area contributed by atoms with E-state index in [0.29, 0.717) is 19.0 Å². The van der Waals surface area contributed by atoms with E-state index < -0.39 is 0 Å². The van der Waals surface area contributed by atoms with Crippen LogP contribution in [0, 0.1) is 0 Å². The molecule has 0 heterocycles. The standard InChI is InChI=1S/C20H30N2O2/c1-16(18-10-6-5-7-11-18)21-20(24)14-15-22(17(2)23)19-12-8-3-4-9-13-19/h5-7,10-11,16,19H,3-4,8-9,12-15H2,1-2H3,(H,21,24). The molecule has 132 valence electrons. The second kappa shape index (κ2) is 9.45. The number of benzene rings is 1. The maximum absolute atomic E-state index is 12.3. The number of hydrogen-bond acceptors (Lipinski definition) is 2. The molecule has 1 atom stereocenters. The van der Waals surface area contributed by atoms with Crippen molar-refractivity contribution in [1.29, 1.82) is 0 Å². The lowest BCUT2D eigenvalue weighted by Crippen LogP contribution is -2.41. The van der Waals surface area contributed by atoms with Crippen molar-refractivity contribution in [2.24, 2.45) is 0 Å². The number of amides is 2. The minimum Gasteiger partial charge on any atom is -0.350 e. The molecule has 4 heteroatoms. The second-order valence-corrected chi connectivity index (χ2v) is 6.81. The maximum Gasteiger partial charge on any atom is 0.222 e. The third-order valence-corrected chi connectivity index (χ3v) is 4.93. The molecule has 1 aromatic carbocycles. The lowest BCUT2D eigenvalue weighted by Gasteiger charge is -2.30. The zero-order valence-electron chi connectivity index (χ0n) is 15.0. The summed E-state index contributed by atoms with van der Waals surface area (Å²) in [4.78, 5) is 26.2. The van der Waals surface area contributed by atoms with Gasteiger partial charge in [0.25, 0.3) is 0 Å². The van der Waals surface area contributed by atoms with Gasteiger partial charge in [-0.2, -0.15) is 0 Å². The van der Waals surface area contributed by atoms with Gasteiger partial charge in [-0.15, -0.1) is 0 Å². The molecule has 2 rings (SSSR count). The topological polar surface area (TPSA) is 49.4 Å². The smallest absolute Gasteiger partial charge is 0.222 e. The largest absolute Gasteiger partial charge is 0.350 e. The second-order valence-electron chi connectivity index (χ2n) is 6.81. The summed E-state index contributed by atoms with van der Waals surface area (Å²) in [6, 6.07) is 10.2. The summed E-state index contributed by atoms with van der Waals surface area (Å²) in [7, 11) is 0. The quantitative estimate of drug-likeness (QED) is 0.806. The Hall–Kier alpha value is -1.84. The van der Waals surface area contributed by atoms with Crippen LogP contribution >= 0.6 is 0 Å². The third kappa shape index (κ3) is 5.66. The van der Waals surface area contributed by atoms with Gasteiger partial charge >= 0.3 is 0 Å². The number of nitrogens with zero attached hydrogens (tertiary/aromatic N) is 1. The lowest BCUT2D eigenvalue weighted by molar-refractivity contribution is -0.132. The van der Waals surface area contributed by atoms with E-state index >= 15 is 0 Å². The lowest BCUT2D eigenvalue weighted by atomic mass is 10.1. The predicted octanol–water partition coefficient (Wildman–Crippen LogP) is 3.83. The Bertz CT molecular complexity index is 522. The Kier molecular flexibility index (Phi) is 7.29. The molecule has 1 aliphatic rings. The highest BCUT2D eigenvalue weighted by atomic mass is 16.2. The van der Waals surface area contributed by atoms with Crippen molar-refractivity contribution >= 4 is 11.8 Å². The molecule has 1 aromatic rings. The molecule has 1 unspecified atom stereocenters. The van der Waals surface area contributed by atoms with Crippen LogP contribution in [0.1, 0.15) is 70.4 Å². The summed E-state index contributed by atoms with van der Waals surface area (Å²) in [5, 5.41) is 3.03. The Morgan fingerprint density at radius 3 is 2.33 bits per heavy atom. The minimum absolute atomic E-state index is 0.00576. The van der Waals surface area contributed by atoms with Crippen LogP contribution < -0.4 is 5.32 Å². The molecule has 1 saturated carbocycles. The van der Waals surface area contributed by atoms with Crippen LogP contribution in [0.2, 0.25) is 0 Å². The summed E-state index contributed by atoms with van der Waals surface area (Å²) in [5.41, 5.74) is 1.10. The molecule has 1 N–H and O–H groups in total. The van der Waals surface area contributed by atoms with Crippen LogP contribution in [-0.4, -0.2) is 29.3 Å². The predicted molar refractivity (Wildman–Crippen MR) is 96.5 cm³/mol. The van der Waals surface area contributed by atoms with E-state index in [1.807, 2.05) is 42.2 Å². The summed E-state index contributed by atoms with van der Waals surface area (Å²) in [5.74, 6) is 0.0945. The van der Waals surface area contributed by atoms with E-state index in [1.165, 1.54) is 25.7 Å². The van der Waals surface area contributed by atoms with Crippen LogP contribution in [0.15, 0.2) is 30.3 Å². The Labute approximate surface area is 145 Å². The third-order valence-electron chi connectivity index (χ3n) is 4.93. The van der Waals surface area contributed by atoms with Gasteiger partial charge in [0, 0.05) is 25.9 Å². The first kappa shape index (κ1) is 18.5. The highest BCUT2D eigenvalue weighted by Crippen LogP contribution is 2.22. The first-order chi connectivity index (χ1) is 11.6. The zero-order valence-corrected chi connectivity index (χ0v) is 15.0. The fourth-order valence-corrected chi connectivity index (χ4v) is 3.53. The van der Waals surface area contributed by atoms with Gasteiger partial charge in [0.15, 0.2) is 0 Å². The molecule has 0 aliphatic heterocycles. The molecule has 24 heavy (non-hydrogen) atoms. The van der Waals surface area contributed by atoms with Crippen molar-refractivity contribution in [3.05, 3.63) is 35.9 Å². The molecular weight excluding hydrogens is 300 g/mol. The summed E-state index contributed by atoms with van der Waals surface area (Å²) < 4.78 is 0. The van der Waals surface area contributed by atoms with Crippen molar-refractivity contribution in [3.8, 4) is 0 Å². The molecule has 0 spiro atoms. The van der Waals surface area contributed by atoms with Crippen LogP contribution in [0.4, 0.5) is 0 Å². The summed E-state index contributed by atoms with van der Waals surface area (Å²) in [6.07, 6.45) is 7.41.